The largest absolute Gasteiger partial charge is 0.462 e. The van der Waals surface area contributed by atoms with E-state index in [1.807, 2.05) is 0 Å². The Hall–Kier alpha value is -2.37. The molecule has 0 aromatic carbocycles. The van der Waals surface area contributed by atoms with Gasteiger partial charge in [-0.25, -0.2) is 0 Å². The summed E-state index contributed by atoms with van der Waals surface area (Å²) < 4.78 is 16.8. The third kappa shape index (κ3) is 58.4. The smallest absolute Gasteiger partial charge is 0.306 e. The van der Waals surface area contributed by atoms with Gasteiger partial charge in [0, 0.05) is 19.3 Å². The van der Waals surface area contributed by atoms with Gasteiger partial charge in [0.05, 0.1) is 0 Å². The first-order chi connectivity index (χ1) is 35.0. The summed E-state index contributed by atoms with van der Waals surface area (Å²) in [5.74, 6) is -0.883. The summed E-state index contributed by atoms with van der Waals surface area (Å²) in [6.07, 6.45) is 73.4. The van der Waals surface area contributed by atoms with Gasteiger partial charge >= 0.3 is 17.9 Å². The number of rotatable bonds is 58. The molecule has 0 rings (SSSR count). The molecule has 0 aliphatic carbocycles. The fraction of sp³-hybridized carbons (Fsp3) is 0.862. The van der Waals surface area contributed by atoms with Crippen LogP contribution in [0.25, 0.3) is 0 Å². The molecule has 1 unspecified atom stereocenters. The van der Waals surface area contributed by atoms with Crippen molar-refractivity contribution >= 4 is 17.9 Å². The van der Waals surface area contributed by atoms with Gasteiger partial charge in [-0.05, 0) is 83.5 Å². The second kappa shape index (κ2) is 60.2. The van der Waals surface area contributed by atoms with Gasteiger partial charge in [-0.2, -0.15) is 0 Å². The van der Waals surface area contributed by atoms with Crippen molar-refractivity contribution in [2.24, 2.45) is 0 Å². The van der Waals surface area contributed by atoms with E-state index in [1.54, 1.807) is 0 Å². The van der Waals surface area contributed by atoms with Crippen LogP contribution in [0.5, 0.6) is 0 Å². The van der Waals surface area contributed by atoms with Gasteiger partial charge in [0.2, 0.25) is 0 Å². The minimum Gasteiger partial charge on any atom is -0.462 e. The third-order valence-corrected chi connectivity index (χ3v) is 14.0. The molecule has 0 bridgehead atoms. The molecule has 416 valence electrons. The predicted octanol–water partition coefficient (Wildman–Crippen LogP) is 21.2. The van der Waals surface area contributed by atoms with E-state index in [-0.39, 0.29) is 31.1 Å². The zero-order valence-electron chi connectivity index (χ0n) is 47.8. The Morgan fingerprint density at radius 1 is 0.268 bits per heavy atom. The van der Waals surface area contributed by atoms with Crippen LogP contribution in [0.4, 0.5) is 0 Å². The summed E-state index contributed by atoms with van der Waals surface area (Å²) in [7, 11) is 0. The minimum absolute atomic E-state index is 0.0750. The molecule has 1 atom stereocenters. The molecule has 6 nitrogen and oxygen atoms in total. The number of hydrogen-bond donors (Lipinski definition) is 0. The van der Waals surface area contributed by atoms with Crippen molar-refractivity contribution < 1.29 is 28.6 Å². The van der Waals surface area contributed by atoms with Gasteiger partial charge in [-0.15, -0.1) is 0 Å². The first-order valence-electron chi connectivity index (χ1n) is 31.5. The lowest BCUT2D eigenvalue weighted by Gasteiger charge is -2.18. The minimum atomic E-state index is -0.775. The molecule has 0 aliphatic rings. The van der Waals surface area contributed by atoms with E-state index in [4.69, 9.17) is 14.2 Å². The maximum Gasteiger partial charge on any atom is 0.306 e. The van der Waals surface area contributed by atoms with Crippen LogP contribution in [0.3, 0.4) is 0 Å². The fourth-order valence-corrected chi connectivity index (χ4v) is 9.33. The highest BCUT2D eigenvalue weighted by Crippen LogP contribution is 2.17. The highest BCUT2D eigenvalue weighted by Gasteiger charge is 2.19. The maximum atomic E-state index is 12.8. The van der Waals surface area contributed by atoms with E-state index in [2.05, 4.69) is 57.2 Å². The van der Waals surface area contributed by atoms with Gasteiger partial charge in [0.1, 0.15) is 13.2 Å². The highest BCUT2D eigenvalue weighted by molar-refractivity contribution is 5.71. The molecule has 0 aromatic heterocycles. The van der Waals surface area contributed by atoms with Gasteiger partial charge in [0.25, 0.3) is 0 Å². The first-order valence-corrected chi connectivity index (χ1v) is 31.5. The zero-order valence-corrected chi connectivity index (χ0v) is 47.8. The van der Waals surface area contributed by atoms with Crippen LogP contribution in [0.15, 0.2) is 36.5 Å². The summed E-state index contributed by atoms with van der Waals surface area (Å²) in [5, 5.41) is 0. The SMILES string of the molecule is CCC/C=C\CCCCCCCC(=O)OCC(COC(=O)CCCCCCCCCCCCCCCCCCCCCCC/C=C\CCCCCCCCCC)OC(=O)CCCCCCC/C=C\CCC. The Morgan fingerprint density at radius 2 is 0.493 bits per heavy atom. The second-order valence-corrected chi connectivity index (χ2v) is 21.3. The van der Waals surface area contributed by atoms with Crippen LogP contribution >= 0.6 is 0 Å². The van der Waals surface area contributed by atoms with E-state index in [0.29, 0.717) is 19.3 Å². The normalized spacial score (nSPS) is 12.2. The van der Waals surface area contributed by atoms with Crippen molar-refractivity contribution in [2.45, 2.75) is 348 Å². The Labute approximate surface area is 442 Å². The highest BCUT2D eigenvalue weighted by atomic mass is 16.6. The molecule has 0 aromatic rings. The molecule has 0 heterocycles. The first kappa shape index (κ1) is 68.6. The number of carbonyl (C=O) groups is 3. The molecule has 0 N–H and O–H groups in total. The van der Waals surface area contributed by atoms with E-state index in [1.165, 1.54) is 212 Å². The fourth-order valence-electron chi connectivity index (χ4n) is 9.33. The molecule has 0 fully saturated rings. The predicted molar refractivity (Wildman–Crippen MR) is 307 cm³/mol. The Bertz CT molecular complexity index is 1190. The summed E-state index contributed by atoms with van der Waals surface area (Å²) in [6, 6.07) is 0. The monoisotopic (exact) mass is 997 g/mol. The standard InChI is InChI=1S/C65H120O6/c1-4-7-10-13-16-19-22-23-24-25-26-27-28-29-30-31-32-33-34-35-36-37-38-39-40-41-42-43-44-47-49-52-55-58-64(67)70-61-62(71-65(68)59-56-53-50-46-21-18-15-12-9-6-3)60-69-63(66)57-54-51-48-45-20-17-14-11-8-5-2/h11-12,14-15,25-26,62H,4-10,13,16-24,27-61H2,1-3H3/b14-11-,15-12-,26-25-. The molecule has 0 saturated heterocycles. The lowest BCUT2D eigenvalue weighted by Crippen LogP contribution is -2.30. The quantitative estimate of drug-likeness (QED) is 0.0261. The Morgan fingerprint density at radius 3 is 0.761 bits per heavy atom. The van der Waals surface area contributed by atoms with Crippen LogP contribution in [-0.2, 0) is 28.6 Å². The number of hydrogen-bond acceptors (Lipinski definition) is 6. The van der Waals surface area contributed by atoms with Crippen LogP contribution < -0.4 is 0 Å². The lowest BCUT2D eigenvalue weighted by molar-refractivity contribution is -0.167. The van der Waals surface area contributed by atoms with Crippen molar-refractivity contribution in [3.05, 3.63) is 36.5 Å². The van der Waals surface area contributed by atoms with Gasteiger partial charge in [-0.1, -0.05) is 276 Å². The van der Waals surface area contributed by atoms with Gasteiger partial charge in [-0.3, -0.25) is 14.4 Å². The number of allylic oxidation sites excluding steroid dienone is 6. The summed E-state index contributed by atoms with van der Waals surface area (Å²) in [6.45, 7) is 6.54. The van der Waals surface area contributed by atoms with Crippen LogP contribution in [-0.4, -0.2) is 37.2 Å². The lowest BCUT2D eigenvalue weighted by atomic mass is 10.0. The maximum absolute atomic E-state index is 12.8. The van der Waals surface area contributed by atoms with E-state index >= 15 is 0 Å². The van der Waals surface area contributed by atoms with E-state index < -0.39 is 6.10 Å². The molecular weight excluding hydrogens is 877 g/mol. The average molecular weight is 998 g/mol. The number of carbonyl (C=O) groups excluding carboxylic acids is 3. The Balaban J connectivity index is 3.93. The van der Waals surface area contributed by atoms with Crippen molar-refractivity contribution in [3.8, 4) is 0 Å². The van der Waals surface area contributed by atoms with Crippen molar-refractivity contribution in [2.75, 3.05) is 13.2 Å². The van der Waals surface area contributed by atoms with Crippen LogP contribution in [0, 0.1) is 0 Å². The molecule has 0 radical (unpaired) electrons. The van der Waals surface area contributed by atoms with Crippen molar-refractivity contribution in [3.63, 3.8) is 0 Å². The van der Waals surface area contributed by atoms with E-state index in [9.17, 15) is 14.4 Å². The molecule has 0 amide bonds. The topological polar surface area (TPSA) is 78.9 Å². The zero-order chi connectivity index (χ0) is 51.4. The van der Waals surface area contributed by atoms with Gasteiger partial charge in [0.15, 0.2) is 6.10 Å². The number of unbranched alkanes of at least 4 members (excludes halogenated alkanes) is 41. The van der Waals surface area contributed by atoms with Crippen LogP contribution in [0.1, 0.15) is 342 Å². The second-order valence-electron chi connectivity index (χ2n) is 21.3. The third-order valence-electron chi connectivity index (χ3n) is 14.0. The summed E-state index contributed by atoms with van der Waals surface area (Å²) in [5.41, 5.74) is 0. The summed E-state index contributed by atoms with van der Waals surface area (Å²) >= 11 is 0. The number of esters is 3. The van der Waals surface area contributed by atoms with Crippen molar-refractivity contribution in [1.29, 1.82) is 0 Å². The van der Waals surface area contributed by atoms with Crippen LogP contribution in [0.2, 0.25) is 0 Å². The molecule has 0 aliphatic heterocycles. The summed E-state index contributed by atoms with van der Waals surface area (Å²) in [4.78, 5) is 38.0. The van der Waals surface area contributed by atoms with Gasteiger partial charge < -0.3 is 14.2 Å². The van der Waals surface area contributed by atoms with E-state index in [0.717, 1.165) is 89.9 Å². The van der Waals surface area contributed by atoms with Crippen molar-refractivity contribution in [1.82, 2.24) is 0 Å². The molecule has 6 heteroatoms. The average Bonchev–Trinajstić information content (AvgIpc) is 3.37. The molecular formula is C65H120O6. The Kier molecular flexibility index (Phi) is 58.2. The molecule has 71 heavy (non-hydrogen) atoms. The number of ether oxygens (including phenoxy) is 3. The molecule has 0 saturated carbocycles. The molecule has 0 spiro atoms.